The predicted molar refractivity (Wildman–Crippen MR) is 104 cm³/mol. The number of aryl methyl sites for hydroxylation is 1. The fourth-order valence-corrected chi connectivity index (χ4v) is 5.14. The molecule has 0 aliphatic carbocycles. The highest BCUT2D eigenvalue weighted by molar-refractivity contribution is 7.99. The number of ether oxygens (including phenoxy) is 2. The second-order valence-corrected chi connectivity index (χ2v) is 8.38. The first kappa shape index (κ1) is 19.3. The molecule has 150 valence electrons. The molecule has 7 heteroatoms. The van der Waals surface area contributed by atoms with Crippen LogP contribution in [0.2, 0.25) is 0 Å². The van der Waals surface area contributed by atoms with Gasteiger partial charge in [0.15, 0.2) is 11.5 Å². The summed E-state index contributed by atoms with van der Waals surface area (Å²) in [5, 5.41) is 0.211. The van der Waals surface area contributed by atoms with Gasteiger partial charge in [-0.3, -0.25) is 0 Å². The third kappa shape index (κ3) is 4.19. The van der Waals surface area contributed by atoms with Gasteiger partial charge in [0.2, 0.25) is 6.79 Å². The molecule has 28 heavy (non-hydrogen) atoms. The molecule has 1 atom stereocenters. The fraction of sp³-hybridized carbons (Fsp3) is 0.429. The van der Waals surface area contributed by atoms with E-state index in [4.69, 9.17) is 9.47 Å². The van der Waals surface area contributed by atoms with Crippen molar-refractivity contribution in [1.82, 2.24) is 0 Å². The molecule has 1 unspecified atom stereocenters. The van der Waals surface area contributed by atoms with Crippen molar-refractivity contribution >= 4 is 17.4 Å². The van der Waals surface area contributed by atoms with Crippen molar-refractivity contribution in [2.45, 2.75) is 42.5 Å². The van der Waals surface area contributed by atoms with Gasteiger partial charge in [0.05, 0.1) is 5.69 Å². The van der Waals surface area contributed by atoms with Crippen molar-refractivity contribution in [2.24, 2.45) is 0 Å². The number of halogens is 3. The van der Waals surface area contributed by atoms with Gasteiger partial charge in [-0.15, -0.1) is 11.8 Å². The molecule has 0 aromatic heterocycles. The van der Waals surface area contributed by atoms with Gasteiger partial charge < -0.3 is 14.4 Å². The van der Waals surface area contributed by atoms with E-state index in [0.717, 1.165) is 46.2 Å². The third-order valence-electron chi connectivity index (χ3n) is 5.10. The lowest BCUT2D eigenvalue weighted by molar-refractivity contribution is -0.135. The Morgan fingerprint density at radius 1 is 1.14 bits per heavy atom. The number of anilines is 1. The SMILES string of the molecule is Cc1cccc2c1N(CCCC(F)(F)F)CCC(c1ccc3c(c1)OCO3)S2. The summed E-state index contributed by atoms with van der Waals surface area (Å²) in [6.45, 7) is 3.40. The molecule has 2 aliphatic rings. The Hall–Kier alpha value is -2.02. The molecule has 0 N–H and O–H groups in total. The Balaban J connectivity index is 1.57. The number of benzene rings is 2. The Bertz CT molecular complexity index is 856. The van der Waals surface area contributed by atoms with Gasteiger partial charge in [0.1, 0.15) is 0 Å². The Labute approximate surface area is 166 Å². The van der Waals surface area contributed by atoms with Gasteiger partial charge in [-0.05, 0) is 49.1 Å². The lowest BCUT2D eigenvalue weighted by Gasteiger charge is -2.26. The van der Waals surface area contributed by atoms with Crippen LogP contribution in [0, 0.1) is 6.92 Å². The minimum absolute atomic E-state index is 0.108. The van der Waals surface area contributed by atoms with Crippen LogP contribution in [0.1, 0.15) is 35.6 Å². The van der Waals surface area contributed by atoms with Crippen molar-refractivity contribution < 1.29 is 22.6 Å². The standard InChI is InChI=1S/C21H22F3NO2S/c1-14-4-2-5-19-20(14)25(10-3-9-21(22,23)24)11-8-18(28-19)15-6-7-16-17(12-15)27-13-26-16/h2,4-7,12,18H,3,8-11,13H2,1H3. The maximum absolute atomic E-state index is 12.6. The lowest BCUT2D eigenvalue weighted by Crippen LogP contribution is -2.27. The van der Waals surface area contributed by atoms with E-state index >= 15 is 0 Å². The van der Waals surface area contributed by atoms with E-state index in [1.165, 1.54) is 0 Å². The summed E-state index contributed by atoms with van der Waals surface area (Å²) in [6.07, 6.45) is -3.89. The van der Waals surface area contributed by atoms with Gasteiger partial charge in [-0.25, -0.2) is 0 Å². The van der Waals surface area contributed by atoms with Gasteiger partial charge in [-0.2, -0.15) is 13.2 Å². The summed E-state index contributed by atoms with van der Waals surface area (Å²) in [4.78, 5) is 3.24. The van der Waals surface area contributed by atoms with Crippen LogP contribution >= 0.6 is 11.8 Å². The Kier molecular flexibility index (Phi) is 5.36. The molecule has 0 bridgehead atoms. The second kappa shape index (κ2) is 7.78. The first-order chi connectivity index (χ1) is 13.4. The van der Waals surface area contributed by atoms with Crippen LogP contribution in [0.3, 0.4) is 0 Å². The van der Waals surface area contributed by atoms with E-state index in [1.54, 1.807) is 11.8 Å². The summed E-state index contributed by atoms with van der Waals surface area (Å²) in [5.41, 5.74) is 3.32. The second-order valence-electron chi connectivity index (χ2n) is 7.14. The summed E-state index contributed by atoms with van der Waals surface area (Å²) < 4.78 is 48.7. The molecule has 0 saturated carbocycles. The Morgan fingerprint density at radius 3 is 2.79 bits per heavy atom. The van der Waals surface area contributed by atoms with Crippen LogP contribution in [0.15, 0.2) is 41.3 Å². The van der Waals surface area contributed by atoms with Gasteiger partial charge in [-0.1, -0.05) is 18.2 Å². The van der Waals surface area contributed by atoms with E-state index in [1.807, 2.05) is 31.2 Å². The predicted octanol–water partition coefficient (Wildman–Crippen LogP) is 6.11. The number of para-hydroxylation sites is 1. The van der Waals surface area contributed by atoms with Crippen molar-refractivity contribution in [2.75, 3.05) is 24.8 Å². The highest BCUT2D eigenvalue weighted by atomic mass is 32.2. The van der Waals surface area contributed by atoms with Gasteiger partial charge in [0.25, 0.3) is 0 Å². The minimum Gasteiger partial charge on any atom is -0.454 e. The molecule has 0 amide bonds. The molecule has 0 spiro atoms. The number of thioether (sulfide) groups is 1. The third-order valence-corrected chi connectivity index (χ3v) is 6.48. The van der Waals surface area contributed by atoms with Crippen LogP contribution in [-0.2, 0) is 0 Å². The molecule has 0 saturated heterocycles. The van der Waals surface area contributed by atoms with Crippen molar-refractivity contribution in [3.63, 3.8) is 0 Å². The molecule has 0 radical (unpaired) electrons. The van der Waals surface area contributed by atoms with Crippen LogP contribution in [-0.4, -0.2) is 26.1 Å². The number of hydrogen-bond acceptors (Lipinski definition) is 4. The maximum atomic E-state index is 12.6. The monoisotopic (exact) mass is 409 g/mol. The summed E-state index contributed by atoms with van der Waals surface area (Å²) in [5.74, 6) is 1.52. The first-order valence-electron chi connectivity index (χ1n) is 9.38. The quantitative estimate of drug-likeness (QED) is 0.607. The topological polar surface area (TPSA) is 21.7 Å². The molecule has 2 aromatic rings. The first-order valence-corrected chi connectivity index (χ1v) is 10.3. The summed E-state index contributed by atoms with van der Waals surface area (Å²) in [7, 11) is 0. The number of hydrogen-bond donors (Lipinski definition) is 0. The van der Waals surface area contributed by atoms with E-state index < -0.39 is 12.6 Å². The zero-order valence-corrected chi connectivity index (χ0v) is 16.4. The molecular formula is C21H22F3NO2S. The van der Waals surface area contributed by atoms with Gasteiger partial charge >= 0.3 is 6.18 Å². The molecular weight excluding hydrogens is 387 g/mol. The lowest BCUT2D eigenvalue weighted by atomic mass is 10.1. The minimum atomic E-state index is -4.11. The van der Waals surface area contributed by atoms with Crippen LogP contribution in [0.25, 0.3) is 0 Å². The maximum Gasteiger partial charge on any atom is 0.389 e. The molecule has 3 nitrogen and oxygen atoms in total. The average Bonchev–Trinajstić information content (AvgIpc) is 3.02. The van der Waals surface area contributed by atoms with E-state index in [-0.39, 0.29) is 18.5 Å². The normalized spacial score (nSPS) is 18.7. The van der Waals surface area contributed by atoms with Crippen molar-refractivity contribution in [3.8, 4) is 11.5 Å². The van der Waals surface area contributed by atoms with Crippen LogP contribution in [0.4, 0.5) is 18.9 Å². The average molecular weight is 409 g/mol. The summed E-state index contributed by atoms with van der Waals surface area (Å²) in [6, 6.07) is 12.1. The van der Waals surface area contributed by atoms with E-state index in [0.29, 0.717) is 6.54 Å². The highest BCUT2D eigenvalue weighted by Gasteiger charge is 2.29. The van der Waals surface area contributed by atoms with Crippen LogP contribution in [0.5, 0.6) is 11.5 Å². The smallest absolute Gasteiger partial charge is 0.389 e. The number of alkyl halides is 3. The van der Waals surface area contributed by atoms with Crippen LogP contribution < -0.4 is 14.4 Å². The summed E-state index contributed by atoms with van der Waals surface area (Å²) >= 11 is 1.77. The molecule has 2 heterocycles. The van der Waals surface area contributed by atoms with E-state index in [9.17, 15) is 13.2 Å². The van der Waals surface area contributed by atoms with Gasteiger partial charge in [0, 0.05) is 29.7 Å². The van der Waals surface area contributed by atoms with Crippen molar-refractivity contribution in [3.05, 3.63) is 47.5 Å². The largest absolute Gasteiger partial charge is 0.454 e. The molecule has 4 rings (SSSR count). The molecule has 2 aliphatic heterocycles. The number of rotatable bonds is 4. The zero-order valence-electron chi connectivity index (χ0n) is 15.6. The molecule has 2 aromatic carbocycles. The number of fused-ring (bicyclic) bond motifs is 2. The number of nitrogens with zero attached hydrogens (tertiary/aromatic N) is 1. The zero-order chi connectivity index (χ0) is 19.7. The van der Waals surface area contributed by atoms with Crippen molar-refractivity contribution in [1.29, 1.82) is 0 Å². The highest BCUT2D eigenvalue weighted by Crippen LogP contribution is 2.48. The van der Waals surface area contributed by atoms with E-state index in [2.05, 4.69) is 17.0 Å². The fourth-order valence-electron chi connectivity index (χ4n) is 3.77. The Morgan fingerprint density at radius 2 is 1.96 bits per heavy atom. The molecule has 0 fully saturated rings.